The minimum Gasteiger partial charge on any atom is -0.368 e. The largest absolute Gasteiger partial charge is 0.368 e. The lowest BCUT2D eigenvalue weighted by Gasteiger charge is -2.15. The molecular weight excluding hydrogens is 332 g/mol. The summed E-state index contributed by atoms with van der Waals surface area (Å²) in [6.07, 6.45) is 3.71. The molecule has 1 amide bonds. The summed E-state index contributed by atoms with van der Waals surface area (Å²) < 4.78 is 1.57. The van der Waals surface area contributed by atoms with Crippen LogP contribution in [0.4, 0.5) is 22.7 Å². The molecule has 0 bridgehead atoms. The van der Waals surface area contributed by atoms with Gasteiger partial charge in [0.2, 0.25) is 5.91 Å². The monoisotopic (exact) mass is 346 g/mol. The van der Waals surface area contributed by atoms with Crippen LogP contribution in [-0.4, -0.2) is 38.1 Å². The quantitative estimate of drug-likeness (QED) is 0.639. The van der Waals surface area contributed by atoms with E-state index in [1.807, 2.05) is 0 Å². The molecule has 1 aliphatic rings. The van der Waals surface area contributed by atoms with Crippen molar-refractivity contribution in [3.8, 4) is 0 Å². The van der Waals surface area contributed by atoms with Crippen molar-refractivity contribution in [2.24, 2.45) is 7.05 Å². The Morgan fingerprint density at radius 1 is 1.28 bits per heavy atom. The number of rotatable bonds is 5. The number of aryl methyl sites for hydroxylation is 1. The van der Waals surface area contributed by atoms with Gasteiger partial charge in [-0.15, -0.1) is 0 Å². The zero-order chi connectivity index (χ0) is 18.1. The molecule has 2 heterocycles. The van der Waals surface area contributed by atoms with Gasteiger partial charge in [0.25, 0.3) is 11.4 Å². The van der Waals surface area contributed by atoms with E-state index in [0.717, 1.165) is 12.1 Å². The molecule has 0 radical (unpaired) electrons. The minimum atomic E-state index is -0.715. The number of nitro groups is 2. The second-order valence-corrected chi connectivity index (χ2v) is 5.56. The Kier molecular flexibility index (Phi) is 4.05. The molecule has 1 aromatic carbocycles. The Morgan fingerprint density at radius 3 is 2.64 bits per heavy atom. The Balaban J connectivity index is 1.82. The van der Waals surface area contributed by atoms with E-state index in [2.05, 4.69) is 10.4 Å². The fourth-order valence-corrected chi connectivity index (χ4v) is 2.71. The number of carbonyl (C=O) groups excluding carboxylic acids is 1. The molecule has 3 rings (SSSR count). The summed E-state index contributed by atoms with van der Waals surface area (Å²) in [6, 6.07) is 2.63. The number of nitrogens with zero attached hydrogens (tertiary/aromatic N) is 5. The van der Waals surface area contributed by atoms with Gasteiger partial charge in [-0.05, 0) is 12.5 Å². The van der Waals surface area contributed by atoms with Crippen LogP contribution in [0.5, 0.6) is 0 Å². The summed E-state index contributed by atoms with van der Waals surface area (Å²) in [5.41, 5.74) is -0.106. The predicted molar refractivity (Wildman–Crippen MR) is 87.3 cm³/mol. The first-order chi connectivity index (χ1) is 11.9. The molecule has 0 saturated carbocycles. The van der Waals surface area contributed by atoms with E-state index in [1.165, 1.54) is 6.07 Å². The highest BCUT2D eigenvalue weighted by Crippen LogP contribution is 2.31. The van der Waals surface area contributed by atoms with Crippen LogP contribution in [-0.2, 0) is 11.8 Å². The molecule has 130 valence electrons. The SMILES string of the molecule is Cn1cc(N2CCC(Nc3ccc([N+](=O)[O-])cc3[N+](=O)[O-])C2=O)cn1. The van der Waals surface area contributed by atoms with Gasteiger partial charge < -0.3 is 10.2 Å². The Bertz CT molecular complexity index is 863. The smallest absolute Gasteiger partial charge is 0.299 e. The number of aromatic nitrogens is 2. The van der Waals surface area contributed by atoms with Crippen LogP contribution in [0.15, 0.2) is 30.6 Å². The van der Waals surface area contributed by atoms with Gasteiger partial charge in [0, 0.05) is 25.9 Å². The predicted octanol–water partition coefficient (Wildman–Crippen LogP) is 1.45. The molecule has 11 heteroatoms. The molecule has 1 saturated heterocycles. The molecule has 25 heavy (non-hydrogen) atoms. The maximum atomic E-state index is 12.5. The number of hydrogen-bond donors (Lipinski definition) is 1. The van der Waals surface area contributed by atoms with E-state index in [4.69, 9.17) is 0 Å². The highest BCUT2D eigenvalue weighted by molar-refractivity contribution is 6.01. The third kappa shape index (κ3) is 3.11. The fourth-order valence-electron chi connectivity index (χ4n) is 2.71. The summed E-state index contributed by atoms with van der Waals surface area (Å²) in [4.78, 5) is 34.6. The van der Waals surface area contributed by atoms with E-state index in [1.54, 1.807) is 29.0 Å². The maximum absolute atomic E-state index is 12.5. The molecule has 2 aromatic rings. The number of hydrogen-bond acceptors (Lipinski definition) is 7. The molecule has 0 spiro atoms. The number of nitrogens with one attached hydrogen (secondary N) is 1. The molecule has 11 nitrogen and oxygen atoms in total. The normalized spacial score (nSPS) is 16.9. The number of benzene rings is 1. The van der Waals surface area contributed by atoms with E-state index >= 15 is 0 Å². The average Bonchev–Trinajstić information content (AvgIpc) is 3.14. The fraction of sp³-hybridized carbons (Fsp3) is 0.286. The van der Waals surface area contributed by atoms with Crippen LogP contribution in [0.3, 0.4) is 0 Å². The van der Waals surface area contributed by atoms with Crippen LogP contribution in [0, 0.1) is 20.2 Å². The first-order valence-corrected chi connectivity index (χ1v) is 7.36. The van der Waals surface area contributed by atoms with Crippen molar-refractivity contribution in [3.05, 3.63) is 50.8 Å². The van der Waals surface area contributed by atoms with Crippen molar-refractivity contribution in [2.75, 3.05) is 16.8 Å². The van der Waals surface area contributed by atoms with Crippen LogP contribution < -0.4 is 10.2 Å². The second-order valence-electron chi connectivity index (χ2n) is 5.56. The minimum absolute atomic E-state index is 0.0713. The van der Waals surface area contributed by atoms with Gasteiger partial charge in [0.15, 0.2) is 0 Å². The number of anilines is 2. The van der Waals surface area contributed by atoms with Crippen LogP contribution in [0.2, 0.25) is 0 Å². The summed E-state index contributed by atoms with van der Waals surface area (Å²) in [6.45, 7) is 0.447. The van der Waals surface area contributed by atoms with Gasteiger partial charge in [-0.25, -0.2) is 0 Å². The lowest BCUT2D eigenvalue weighted by Crippen LogP contribution is -2.33. The molecule has 1 unspecified atom stereocenters. The van der Waals surface area contributed by atoms with Crippen LogP contribution in [0.25, 0.3) is 0 Å². The first-order valence-electron chi connectivity index (χ1n) is 7.36. The van der Waals surface area contributed by atoms with Crippen molar-refractivity contribution in [1.29, 1.82) is 0 Å². The lowest BCUT2D eigenvalue weighted by atomic mass is 10.2. The van der Waals surface area contributed by atoms with Crippen molar-refractivity contribution < 1.29 is 14.6 Å². The molecular formula is C14H14N6O5. The van der Waals surface area contributed by atoms with Crippen molar-refractivity contribution in [1.82, 2.24) is 9.78 Å². The van der Waals surface area contributed by atoms with Crippen molar-refractivity contribution in [2.45, 2.75) is 12.5 Å². The summed E-state index contributed by atoms with van der Waals surface area (Å²) in [5.74, 6) is -0.236. The van der Waals surface area contributed by atoms with E-state index in [-0.39, 0.29) is 17.3 Å². The number of carbonyl (C=O) groups is 1. The molecule has 1 N–H and O–H groups in total. The molecule has 1 atom stereocenters. The number of amides is 1. The van der Waals surface area contributed by atoms with Gasteiger partial charge in [-0.1, -0.05) is 0 Å². The Labute approximate surface area is 141 Å². The van der Waals surface area contributed by atoms with E-state index < -0.39 is 21.6 Å². The summed E-state index contributed by atoms with van der Waals surface area (Å²) >= 11 is 0. The topological polar surface area (TPSA) is 136 Å². The Hall–Kier alpha value is -3.50. The first kappa shape index (κ1) is 16.4. The average molecular weight is 346 g/mol. The number of non-ortho nitro benzene ring substituents is 1. The second kappa shape index (κ2) is 6.19. The van der Waals surface area contributed by atoms with E-state index in [0.29, 0.717) is 18.7 Å². The maximum Gasteiger partial charge on any atom is 0.299 e. The molecule has 1 aromatic heterocycles. The highest BCUT2D eigenvalue weighted by atomic mass is 16.6. The molecule has 0 aliphatic carbocycles. The summed E-state index contributed by atoms with van der Waals surface area (Å²) in [5, 5.41) is 28.8. The highest BCUT2D eigenvalue weighted by Gasteiger charge is 2.34. The van der Waals surface area contributed by atoms with Gasteiger partial charge >= 0.3 is 0 Å². The molecule has 1 aliphatic heterocycles. The van der Waals surface area contributed by atoms with Crippen molar-refractivity contribution in [3.63, 3.8) is 0 Å². The third-order valence-electron chi connectivity index (χ3n) is 3.93. The van der Waals surface area contributed by atoms with Gasteiger partial charge in [0.05, 0.1) is 27.8 Å². The van der Waals surface area contributed by atoms with Gasteiger partial charge in [-0.3, -0.25) is 29.7 Å². The zero-order valence-electron chi connectivity index (χ0n) is 13.2. The van der Waals surface area contributed by atoms with Crippen molar-refractivity contribution >= 4 is 28.7 Å². The van der Waals surface area contributed by atoms with Gasteiger partial charge in [0.1, 0.15) is 11.7 Å². The zero-order valence-corrected chi connectivity index (χ0v) is 13.2. The Morgan fingerprint density at radius 2 is 2.04 bits per heavy atom. The standard InChI is InChI=1S/C14H14N6O5/c1-17-8-10(7-15-17)18-5-4-12(14(18)21)16-11-3-2-9(19(22)23)6-13(11)20(24)25/h2-3,6-8,12,16H,4-5H2,1H3. The van der Waals surface area contributed by atoms with E-state index in [9.17, 15) is 25.0 Å². The third-order valence-corrected chi connectivity index (χ3v) is 3.93. The lowest BCUT2D eigenvalue weighted by molar-refractivity contribution is -0.393. The number of nitro benzene ring substituents is 2. The van der Waals surface area contributed by atoms with Crippen LogP contribution in [0.1, 0.15) is 6.42 Å². The molecule has 1 fully saturated rings. The summed E-state index contributed by atoms with van der Waals surface area (Å²) in [7, 11) is 1.74. The van der Waals surface area contributed by atoms with Crippen LogP contribution >= 0.6 is 0 Å². The van der Waals surface area contributed by atoms with Gasteiger partial charge in [-0.2, -0.15) is 5.10 Å².